The molecule has 3 aliphatic heterocycles. The van der Waals surface area contributed by atoms with E-state index in [0.717, 1.165) is 55.2 Å². The first-order valence-electron chi connectivity index (χ1n) is 31.1. The number of unbranched alkanes of at least 4 members (excludes halogenated alkanes) is 5. The van der Waals surface area contributed by atoms with Gasteiger partial charge < -0.3 is 89.1 Å². The molecule has 0 aromatic rings. The number of amides is 12. The molecule has 0 bridgehead atoms. The van der Waals surface area contributed by atoms with E-state index in [1.54, 1.807) is 26.0 Å². The largest absolute Gasteiger partial charge is 0.481 e. The molecule has 3 fully saturated rings. The lowest BCUT2D eigenvalue weighted by Crippen LogP contribution is -2.66. The van der Waals surface area contributed by atoms with Gasteiger partial charge in [0.1, 0.15) is 54.4 Å². The number of carbonyl (C=O) groups excluding carboxylic acids is 12. The van der Waals surface area contributed by atoms with E-state index in [2.05, 4.69) is 56.4 Å². The van der Waals surface area contributed by atoms with E-state index < -0.39 is 205 Å². The maximum Gasteiger partial charge on any atom is 0.308 e. The lowest BCUT2D eigenvalue weighted by atomic mass is 9.96. The van der Waals surface area contributed by atoms with Crippen LogP contribution >= 0.6 is 0 Å². The SMILES string of the molecule is CC(C)CCCCCCC/C=C\CC(=O)N[C@@H](CC(=O)O)C(=O)N[C@@H]1C(=O)N2CCCC[C@@H]2C(=O)N[C@@H](C(C)C(=O)O)C(=O)N[C@@H](CC(=O)O)C(=O)NCC(=O)N[C@@H](CC(=O)O)C(=O)NCC(=O)N[C@H](C(C)N)C(=O)N[C@@H](C(C)C)C(=O)N2CCC[C@H]2C(=O)NC1C. The fourth-order valence-corrected chi connectivity index (χ4v) is 10.6. The summed E-state index contributed by atoms with van der Waals surface area (Å²) in [7, 11) is 0. The number of carboxylic acid groups (broad SMARTS) is 4. The van der Waals surface area contributed by atoms with Crippen LogP contribution in [0.2, 0.25) is 0 Å². The summed E-state index contributed by atoms with van der Waals surface area (Å²) in [5.41, 5.74) is 6.11. The van der Waals surface area contributed by atoms with Crippen LogP contribution in [0, 0.1) is 17.8 Å². The van der Waals surface area contributed by atoms with Crippen LogP contribution in [-0.2, 0) is 76.7 Å². The molecule has 3 heterocycles. The highest BCUT2D eigenvalue weighted by Gasteiger charge is 2.45. The van der Waals surface area contributed by atoms with Gasteiger partial charge >= 0.3 is 23.9 Å². The summed E-state index contributed by atoms with van der Waals surface area (Å²) >= 11 is 0. The molecule has 0 aromatic carbocycles. The van der Waals surface area contributed by atoms with E-state index in [4.69, 9.17) is 5.73 Å². The fraction of sp³-hybridized carbons (Fsp3) is 0.695. The van der Waals surface area contributed by atoms with Crippen LogP contribution in [0.3, 0.4) is 0 Å². The minimum absolute atomic E-state index is 0.0223. The molecule has 33 nitrogen and oxygen atoms in total. The smallest absolute Gasteiger partial charge is 0.308 e. The molecule has 3 rings (SSSR count). The molecular formula is C59H93N13O20. The maximum absolute atomic E-state index is 15.2. The van der Waals surface area contributed by atoms with E-state index in [9.17, 15) is 92.3 Å². The molecule has 92 heavy (non-hydrogen) atoms. The van der Waals surface area contributed by atoms with Gasteiger partial charge in [0.2, 0.25) is 70.9 Å². The summed E-state index contributed by atoms with van der Waals surface area (Å²) < 4.78 is 0. The Balaban J connectivity index is 2.16. The van der Waals surface area contributed by atoms with Crippen LogP contribution in [0.4, 0.5) is 0 Å². The molecular weight excluding hydrogens is 1210 g/mol. The molecule has 0 radical (unpaired) electrons. The fourth-order valence-electron chi connectivity index (χ4n) is 10.6. The van der Waals surface area contributed by atoms with Crippen LogP contribution in [0.15, 0.2) is 12.2 Å². The monoisotopic (exact) mass is 1300 g/mol. The molecule has 514 valence electrons. The predicted molar refractivity (Wildman–Crippen MR) is 324 cm³/mol. The molecule has 16 N–H and O–H groups in total. The molecule has 33 heteroatoms. The van der Waals surface area contributed by atoms with E-state index >= 15 is 4.79 Å². The molecule has 0 saturated carbocycles. The highest BCUT2D eigenvalue weighted by Crippen LogP contribution is 2.24. The average Bonchev–Trinajstić information content (AvgIpc) is 1.26. The number of nitrogens with one attached hydrogen (secondary N) is 10. The van der Waals surface area contributed by atoms with Crippen LogP contribution < -0.4 is 58.9 Å². The average molecular weight is 1300 g/mol. The number of hydrogen-bond acceptors (Lipinski definition) is 17. The minimum atomic E-state index is -2.15. The molecule has 0 spiro atoms. The van der Waals surface area contributed by atoms with E-state index in [0.29, 0.717) is 12.3 Å². The van der Waals surface area contributed by atoms with Crippen LogP contribution in [-0.4, -0.2) is 218 Å². The van der Waals surface area contributed by atoms with E-state index in [1.165, 1.54) is 13.8 Å². The number of carbonyl (C=O) groups is 16. The Kier molecular flexibility index (Phi) is 32.1. The first-order valence-corrected chi connectivity index (χ1v) is 31.1. The number of hydrogen-bond donors (Lipinski definition) is 15. The standard InChI is InChI=1S/C59H93N13O20/c1-30(2)19-14-12-10-8-9-11-13-15-22-40(73)64-37(27-45(80)81)52(84)70-49-34(7)63-53(85)39-21-18-24-72(39)57(89)46(31(3)4)68-56(88)48(33(6)60)67-42(75)29-62-50(82)35(25-43(76)77)65-41(74)28-61-51(83)36(26-44(78)79)66-55(87)47(32(5)59(91)92)69-54(86)38-20-16-17-23-71(38)58(49)90/h13,15,30-39,46-49H,8-12,14,16-29,60H2,1-7H3,(H,61,83)(H,62,82)(H,63,85)(H,64,73)(H,65,74)(H,66,87)(H,67,75)(H,68,88)(H,69,86)(H,70,84)(H,76,77)(H,78,79)(H,80,81)(H,91,92)/b15-13-/t32?,33?,34?,35-,36-,37-,38+,39-,46-,47-,48+,49-/m0/s1. The maximum atomic E-state index is 15.2. The molecule has 3 saturated heterocycles. The number of piperidine rings is 1. The lowest BCUT2D eigenvalue weighted by molar-refractivity contribution is -0.150. The zero-order valence-electron chi connectivity index (χ0n) is 53.2. The summed E-state index contributed by atoms with van der Waals surface area (Å²) in [4.78, 5) is 218. The summed E-state index contributed by atoms with van der Waals surface area (Å²) in [6.07, 6.45) is 7.21. The first-order chi connectivity index (χ1) is 43.2. The van der Waals surface area contributed by atoms with Gasteiger partial charge in [-0.3, -0.25) is 76.7 Å². The number of rotatable bonds is 23. The number of carboxylic acids is 4. The molecule has 3 unspecified atom stereocenters. The number of nitrogens with zero attached hydrogens (tertiary/aromatic N) is 2. The van der Waals surface area contributed by atoms with Crippen molar-refractivity contribution in [3.8, 4) is 0 Å². The van der Waals surface area contributed by atoms with Gasteiger partial charge in [0.05, 0.1) is 44.3 Å². The van der Waals surface area contributed by atoms with Crippen LogP contribution in [0.1, 0.15) is 151 Å². The second kappa shape index (κ2) is 38.2. The third kappa shape index (κ3) is 25.5. The first kappa shape index (κ1) is 77.5. The van der Waals surface area contributed by atoms with Crippen LogP contribution in [0.25, 0.3) is 0 Å². The summed E-state index contributed by atoms with van der Waals surface area (Å²) in [5.74, 6) is -21.9. The van der Waals surface area contributed by atoms with Gasteiger partial charge in [0, 0.05) is 25.6 Å². The van der Waals surface area contributed by atoms with Gasteiger partial charge in [0.25, 0.3) is 0 Å². The van der Waals surface area contributed by atoms with Gasteiger partial charge in [0.15, 0.2) is 0 Å². The second-order valence-corrected chi connectivity index (χ2v) is 24.2. The Labute approximate surface area is 532 Å². The van der Waals surface area contributed by atoms with Crippen molar-refractivity contribution >= 4 is 94.8 Å². The molecule has 12 amide bonds. The Morgan fingerprint density at radius 2 is 1.10 bits per heavy atom. The van der Waals surface area contributed by atoms with E-state index in [-0.39, 0.29) is 51.6 Å². The lowest BCUT2D eigenvalue weighted by Gasteiger charge is -2.39. The Hall–Kier alpha value is -8.78. The van der Waals surface area contributed by atoms with Crippen molar-refractivity contribution in [1.29, 1.82) is 0 Å². The number of fused-ring (bicyclic) bond motifs is 2. The van der Waals surface area contributed by atoms with Crippen molar-refractivity contribution in [3.05, 3.63) is 12.2 Å². The van der Waals surface area contributed by atoms with E-state index in [1.807, 2.05) is 10.6 Å². The second-order valence-electron chi connectivity index (χ2n) is 24.2. The third-order valence-electron chi connectivity index (χ3n) is 15.7. The van der Waals surface area contributed by atoms with Crippen molar-refractivity contribution in [2.45, 2.75) is 218 Å². The van der Waals surface area contributed by atoms with Gasteiger partial charge in [-0.2, -0.15) is 0 Å². The molecule has 12 atom stereocenters. The van der Waals surface area contributed by atoms with Gasteiger partial charge in [-0.05, 0) is 77.6 Å². The summed E-state index contributed by atoms with van der Waals surface area (Å²) in [5, 5.41) is 62.3. The van der Waals surface area contributed by atoms with Crippen molar-refractivity contribution < 1.29 is 97.1 Å². The number of aliphatic carboxylic acids is 4. The highest BCUT2D eigenvalue weighted by atomic mass is 16.4. The Morgan fingerprint density at radius 3 is 1.66 bits per heavy atom. The number of allylic oxidation sites excluding steroid dienone is 1. The quantitative estimate of drug-likeness (QED) is 0.0358. The zero-order valence-corrected chi connectivity index (χ0v) is 53.2. The van der Waals surface area contributed by atoms with Crippen molar-refractivity contribution in [2.75, 3.05) is 26.2 Å². The van der Waals surface area contributed by atoms with Crippen molar-refractivity contribution in [3.63, 3.8) is 0 Å². The van der Waals surface area contributed by atoms with Crippen molar-refractivity contribution in [1.82, 2.24) is 63.0 Å². The topological polar surface area (TPSA) is 507 Å². The number of nitrogens with two attached hydrogens (primary N) is 1. The minimum Gasteiger partial charge on any atom is -0.481 e. The van der Waals surface area contributed by atoms with Gasteiger partial charge in [-0.1, -0.05) is 72.0 Å². The Morgan fingerprint density at radius 1 is 0.576 bits per heavy atom. The molecule has 0 aromatic heterocycles. The van der Waals surface area contributed by atoms with Gasteiger partial charge in [-0.25, -0.2) is 0 Å². The van der Waals surface area contributed by atoms with Crippen LogP contribution in [0.5, 0.6) is 0 Å². The highest BCUT2D eigenvalue weighted by molar-refractivity contribution is 6.01. The predicted octanol–water partition coefficient (Wildman–Crippen LogP) is -3.02. The summed E-state index contributed by atoms with van der Waals surface area (Å²) in [6, 6.07) is -18.5. The zero-order chi connectivity index (χ0) is 69.1. The summed E-state index contributed by atoms with van der Waals surface area (Å²) in [6.45, 7) is 8.70. The third-order valence-corrected chi connectivity index (χ3v) is 15.7. The Bertz CT molecular complexity index is 2720. The molecule has 3 aliphatic rings. The van der Waals surface area contributed by atoms with Crippen molar-refractivity contribution in [2.24, 2.45) is 23.5 Å². The normalized spacial score (nSPS) is 25.2. The van der Waals surface area contributed by atoms with Gasteiger partial charge in [-0.15, -0.1) is 0 Å². The molecule has 0 aliphatic carbocycles.